The molecule has 0 bridgehead atoms. The molecule has 0 aromatic heterocycles. The molecule has 0 saturated carbocycles. The molecule has 0 unspecified atom stereocenters. The van der Waals surface area contributed by atoms with Gasteiger partial charge in [0.25, 0.3) is 5.91 Å². The Bertz CT molecular complexity index is 741. The molecule has 1 heterocycles. The SMILES string of the molecule is COc1ccccc1-c1ccc(C(=O)N2CCCNC(=O)C2)cc1. The van der Waals surface area contributed by atoms with Gasteiger partial charge in [0.1, 0.15) is 5.75 Å². The van der Waals surface area contributed by atoms with Crippen LogP contribution < -0.4 is 10.1 Å². The fourth-order valence-corrected chi connectivity index (χ4v) is 2.84. The Morgan fingerprint density at radius 2 is 1.88 bits per heavy atom. The van der Waals surface area contributed by atoms with Gasteiger partial charge in [-0.15, -0.1) is 0 Å². The van der Waals surface area contributed by atoms with E-state index in [0.717, 1.165) is 23.3 Å². The zero-order chi connectivity index (χ0) is 16.9. The first-order chi connectivity index (χ1) is 11.7. The minimum atomic E-state index is -0.112. The van der Waals surface area contributed by atoms with Gasteiger partial charge in [0.05, 0.1) is 13.7 Å². The summed E-state index contributed by atoms with van der Waals surface area (Å²) in [7, 11) is 1.64. The van der Waals surface area contributed by atoms with Crippen molar-refractivity contribution in [3.05, 3.63) is 54.1 Å². The highest BCUT2D eigenvalue weighted by Gasteiger charge is 2.21. The molecular weight excluding hydrogens is 304 g/mol. The van der Waals surface area contributed by atoms with Gasteiger partial charge in [-0.3, -0.25) is 9.59 Å². The van der Waals surface area contributed by atoms with Crippen molar-refractivity contribution in [3.63, 3.8) is 0 Å². The number of carbonyl (C=O) groups is 2. The Balaban J connectivity index is 1.81. The Morgan fingerprint density at radius 3 is 2.62 bits per heavy atom. The maximum absolute atomic E-state index is 12.6. The summed E-state index contributed by atoms with van der Waals surface area (Å²) in [6.07, 6.45) is 0.775. The molecule has 0 spiro atoms. The third-order valence-corrected chi connectivity index (χ3v) is 4.10. The minimum Gasteiger partial charge on any atom is -0.496 e. The van der Waals surface area contributed by atoms with Crippen molar-refractivity contribution in [3.8, 4) is 16.9 Å². The number of carbonyl (C=O) groups excluding carboxylic acids is 2. The average molecular weight is 324 g/mol. The van der Waals surface area contributed by atoms with Gasteiger partial charge in [-0.05, 0) is 30.2 Å². The molecule has 0 radical (unpaired) electrons. The second kappa shape index (κ2) is 7.17. The predicted molar refractivity (Wildman–Crippen MR) is 92.0 cm³/mol. The number of hydrogen-bond acceptors (Lipinski definition) is 3. The number of methoxy groups -OCH3 is 1. The molecule has 3 rings (SSSR count). The summed E-state index contributed by atoms with van der Waals surface area (Å²) in [6, 6.07) is 15.2. The number of rotatable bonds is 3. The summed E-state index contributed by atoms with van der Waals surface area (Å²) >= 11 is 0. The summed E-state index contributed by atoms with van der Waals surface area (Å²) in [5.74, 6) is 0.575. The summed E-state index contributed by atoms with van der Waals surface area (Å²) in [5.41, 5.74) is 2.55. The van der Waals surface area contributed by atoms with Crippen LogP contribution in [-0.2, 0) is 4.79 Å². The minimum absolute atomic E-state index is 0.105. The Labute approximate surface area is 141 Å². The Morgan fingerprint density at radius 1 is 1.12 bits per heavy atom. The predicted octanol–water partition coefficient (Wildman–Crippen LogP) is 2.32. The lowest BCUT2D eigenvalue weighted by molar-refractivity contribution is -0.121. The standard InChI is InChI=1S/C19H20N2O3/c1-24-17-6-3-2-5-16(17)14-7-9-15(10-8-14)19(23)21-12-4-11-20-18(22)13-21/h2-3,5-10H,4,11-13H2,1H3,(H,20,22). The zero-order valence-electron chi connectivity index (χ0n) is 13.6. The fourth-order valence-electron chi connectivity index (χ4n) is 2.84. The Kier molecular flexibility index (Phi) is 4.79. The first-order valence-corrected chi connectivity index (χ1v) is 7.98. The molecule has 1 saturated heterocycles. The van der Waals surface area contributed by atoms with Crippen molar-refractivity contribution in [1.82, 2.24) is 10.2 Å². The number of benzene rings is 2. The van der Waals surface area contributed by atoms with Gasteiger partial charge in [-0.2, -0.15) is 0 Å². The van der Waals surface area contributed by atoms with Crippen LogP contribution in [0.1, 0.15) is 16.8 Å². The van der Waals surface area contributed by atoms with Crippen LogP contribution in [0.25, 0.3) is 11.1 Å². The van der Waals surface area contributed by atoms with Crippen molar-refractivity contribution in [2.24, 2.45) is 0 Å². The lowest BCUT2D eigenvalue weighted by atomic mass is 10.0. The van der Waals surface area contributed by atoms with E-state index in [1.54, 1.807) is 24.1 Å². The van der Waals surface area contributed by atoms with Gasteiger partial charge in [0.15, 0.2) is 0 Å². The van der Waals surface area contributed by atoms with Crippen molar-refractivity contribution < 1.29 is 14.3 Å². The second-order valence-corrected chi connectivity index (χ2v) is 5.71. The van der Waals surface area contributed by atoms with Crippen molar-refractivity contribution in [2.45, 2.75) is 6.42 Å². The van der Waals surface area contributed by atoms with Gasteiger partial charge >= 0.3 is 0 Å². The highest BCUT2D eigenvalue weighted by Crippen LogP contribution is 2.29. The maximum Gasteiger partial charge on any atom is 0.254 e. The maximum atomic E-state index is 12.6. The normalized spacial score (nSPS) is 14.7. The number of nitrogens with one attached hydrogen (secondary N) is 1. The highest BCUT2D eigenvalue weighted by molar-refractivity contribution is 5.97. The summed E-state index contributed by atoms with van der Waals surface area (Å²) in [4.78, 5) is 25.8. The molecular formula is C19H20N2O3. The summed E-state index contributed by atoms with van der Waals surface area (Å²) in [5, 5.41) is 2.78. The van der Waals surface area contributed by atoms with Crippen LogP contribution in [0.4, 0.5) is 0 Å². The smallest absolute Gasteiger partial charge is 0.254 e. The van der Waals surface area contributed by atoms with E-state index in [0.29, 0.717) is 18.7 Å². The van der Waals surface area contributed by atoms with Gasteiger partial charge in [-0.25, -0.2) is 0 Å². The average Bonchev–Trinajstić information content (AvgIpc) is 2.85. The molecule has 124 valence electrons. The van der Waals surface area contributed by atoms with E-state index in [9.17, 15) is 9.59 Å². The first kappa shape index (κ1) is 16.1. The van der Waals surface area contributed by atoms with E-state index in [-0.39, 0.29) is 18.4 Å². The number of hydrogen-bond donors (Lipinski definition) is 1. The Hall–Kier alpha value is -2.82. The third kappa shape index (κ3) is 3.40. The first-order valence-electron chi connectivity index (χ1n) is 7.98. The molecule has 0 aliphatic carbocycles. The van der Waals surface area contributed by atoms with Crippen LogP contribution in [0.3, 0.4) is 0 Å². The van der Waals surface area contributed by atoms with Crippen molar-refractivity contribution in [2.75, 3.05) is 26.7 Å². The molecule has 2 aromatic carbocycles. The van der Waals surface area contributed by atoms with Crippen LogP contribution in [0.2, 0.25) is 0 Å². The van der Waals surface area contributed by atoms with Crippen molar-refractivity contribution >= 4 is 11.8 Å². The van der Waals surface area contributed by atoms with Gasteiger partial charge < -0.3 is 15.0 Å². The van der Waals surface area contributed by atoms with E-state index in [2.05, 4.69) is 5.32 Å². The van der Waals surface area contributed by atoms with Crippen LogP contribution in [0, 0.1) is 0 Å². The number of para-hydroxylation sites is 1. The lowest BCUT2D eigenvalue weighted by Crippen LogP contribution is -2.37. The lowest BCUT2D eigenvalue weighted by Gasteiger charge is -2.19. The largest absolute Gasteiger partial charge is 0.496 e. The second-order valence-electron chi connectivity index (χ2n) is 5.71. The molecule has 1 aliphatic rings. The number of amides is 2. The molecule has 1 aliphatic heterocycles. The molecule has 24 heavy (non-hydrogen) atoms. The fraction of sp³-hybridized carbons (Fsp3) is 0.263. The molecule has 5 nitrogen and oxygen atoms in total. The molecule has 2 aromatic rings. The van der Waals surface area contributed by atoms with Crippen molar-refractivity contribution in [1.29, 1.82) is 0 Å². The molecule has 1 N–H and O–H groups in total. The monoisotopic (exact) mass is 324 g/mol. The molecule has 0 atom stereocenters. The summed E-state index contributed by atoms with van der Waals surface area (Å²) in [6.45, 7) is 1.33. The van der Waals surface area contributed by atoms with E-state index in [1.165, 1.54) is 0 Å². The number of nitrogens with zero attached hydrogens (tertiary/aromatic N) is 1. The van der Waals surface area contributed by atoms with E-state index in [1.807, 2.05) is 36.4 Å². The van der Waals surface area contributed by atoms with Crippen LogP contribution in [0.5, 0.6) is 5.75 Å². The quantitative estimate of drug-likeness (QED) is 0.943. The van der Waals surface area contributed by atoms with E-state index >= 15 is 0 Å². The third-order valence-electron chi connectivity index (χ3n) is 4.10. The molecule has 5 heteroatoms. The van der Waals surface area contributed by atoms with Gasteiger partial charge in [0.2, 0.25) is 5.91 Å². The van der Waals surface area contributed by atoms with Crippen LogP contribution in [-0.4, -0.2) is 43.5 Å². The van der Waals surface area contributed by atoms with E-state index < -0.39 is 0 Å². The van der Waals surface area contributed by atoms with Gasteiger partial charge in [-0.1, -0.05) is 30.3 Å². The highest BCUT2D eigenvalue weighted by atomic mass is 16.5. The van der Waals surface area contributed by atoms with Crippen LogP contribution in [0.15, 0.2) is 48.5 Å². The molecule has 2 amide bonds. The number of ether oxygens (including phenoxy) is 1. The van der Waals surface area contributed by atoms with Gasteiger partial charge in [0, 0.05) is 24.2 Å². The zero-order valence-corrected chi connectivity index (χ0v) is 13.6. The van der Waals surface area contributed by atoms with Crippen LogP contribution >= 0.6 is 0 Å². The molecule has 1 fully saturated rings. The van der Waals surface area contributed by atoms with E-state index in [4.69, 9.17) is 4.74 Å². The summed E-state index contributed by atoms with van der Waals surface area (Å²) < 4.78 is 5.38. The topological polar surface area (TPSA) is 58.6 Å².